The number of nitrogens with one attached hydrogen (secondary N) is 2. The quantitative estimate of drug-likeness (QED) is 0.391. The topological polar surface area (TPSA) is 149 Å². The third-order valence-corrected chi connectivity index (χ3v) is 4.83. The molecule has 3 rings (SSSR count). The lowest BCUT2D eigenvalue weighted by atomic mass is 10.1. The van der Waals surface area contributed by atoms with Crippen LogP contribution in [0.1, 0.15) is 11.1 Å². The zero-order chi connectivity index (χ0) is 25.2. The van der Waals surface area contributed by atoms with Crippen molar-refractivity contribution in [1.82, 2.24) is 14.9 Å². The number of hydrogen-bond donors (Lipinski definition) is 3. The number of phenols is 1. The summed E-state index contributed by atoms with van der Waals surface area (Å²) in [6, 6.07) is 15.6. The summed E-state index contributed by atoms with van der Waals surface area (Å²) in [6.07, 6.45) is 0.626. The van der Waals surface area contributed by atoms with E-state index in [-0.39, 0.29) is 24.6 Å². The van der Waals surface area contributed by atoms with Crippen molar-refractivity contribution >= 4 is 23.8 Å². The Morgan fingerprint density at radius 2 is 1.74 bits per heavy atom. The number of benzene rings is 2. The SMILES string of the molecule is COC(=O)[C@H](Cc1ccc(O)cc1)NC(=O)Cn1ccc(NC(=O)OCc2ccccc2)nc1=O. The first-order chi connectivity index (χ1) is 16.8. The molecule has 0 saturated heterocycles. The summed E-state index contributed by atoms with van der Waals surface area (Å²) < 4.78 is 10.8. The normalized spacial score (nSPS) is 11.2. The van der Waals surface area contributed by atoms with Crippen molar-refractivity contribution in [2.24, 2.45) is 0 Å². The first-order valence-electron chi connectivity index (χ1n) is 10.5. The molecule has 11 heteroatoms. The molecule has 0 saturated carbocycles. The Kier molecular flexibility index (Phi) is 8.54. The number of methoxy groups -OCH3 is 1. The van der Waals surface area contributed by atoms with Crippen LogP contribution in [0.5, 0.6) is 5.75 Å². The average Bonchev–Trinajstić information content (AvgIpc) is 2.85. The van der Waals surface area contributed by atoms with Crippen LogP contribution in [0.25, 0.3) is 0 Å². The van der Waals surface area contributed by atoms with E-state index in [9.17, 15) is 24.3 Å². The van der Waals surface area contributed by atoms with Crippen LogP contribution >= 0.6 is 0 Å². The summed E-state index contributed by atoms with van der Waals surface area (Å²) in [6.45, 7) is -0.358. The molecule has 35 heavy (non-hydrogen) atoms. The first-order valence-corrected chi connectivity index (χ1v) is 10.5. The van der Waals surface area contributed by atoms with Crippen molar-refractivity contribution in [3.05, 3.63) is 88.5 Å². The lowest BCUT2D eigenvalue weighted by Crippen LogP contribution is -2.45. The Labute approximate surface area is 200 Å². The molecule has 0 aliphatic carbocycles. The summed E-state index contributed by atoms with van der Waals surface area (Å²) in [5.74, 6) is -1.25. The molecule has 3 aromatic rings. The van der Waals surface area contributed by atoms with Crippen LogP contribution in [0.2, 0.25) is 0 Å². The largest absolute Gasteiger partial charge is 0.508 e. The maximum atomic E-state index is 12.5. The third-order valence-electron chi connectivity index (χ3n) is 4.83. The van der Waals surface area contributed by atoms with Crippen LogP contribution in [-0.2, 0) is 38.6 Å². The second kappa shape index (κ2) is 12.0. The Bertz CT molecular complexity index is 1230. The molecule has 2 aromatic carbocycles. The molecule has 0 unspecified atom stereocenters. The van der Waals surface area contributed by atoms with Gasteiger partial charge >= 0.3 is 17.8 Å². The third kappa shape index (κ3) is 7.70. The fraction of sp³-hybridized carbons (Fsp3) is 0.208. The van der Waals surface area contributed by atoms with Crippen LogP contribution in [0.4, 0.5) is 10.6 Å². The van der Waals surface area contributed by atoms with Crippen molar-refractivity contribution in [1.29, 1.82) is 0 Å². The second-order valence-electron chi connectivity index (χ2n) is 7.42. The number of aromatic nitrogens is 2. The van der Waals surface area contributed by atoms with Gasteiger partial charge in [-0.3, -0.25) is 14.7 Å². The Morgan fingerprint density at radius 3 is 2.40 bits per heavy atom. The van der Waals surface area contributed by atoms with E-state index in [0.717, 1.165) is 10.1 Å². The number of anilines is 1. The van der Waals surface area contributed by atoms with Gasteiger partial charge < -0.3 is 19.9 Å². The molecular weight excluding hydrogens is 456 g/mol. The first kappa shape index (κ1) is 25.0. The van der Waals surface area contributed by atoms with Crippen molar-refractivity contribution < 1.29 is 29.0 Å². The molecule has 11 nitrogen and oxygen atoms in total. The molecular formula is C24H24N4O7. The summed E-state index contributed by atoms with van der Waals surface area (Å²) >= 11 is 0. The van der Waals surface area contributed by atoms with E-state index >= 15 is 0 Å². The van der Waals surface area contributed by atoms with E-state index in [1.54, 1.807) is 24.3 Å². The van der Waals surface area contributed by atoms with E-state index in [1.165, 1.54) is 31.5 Å². The molecule has 0 aliphatic rings. The minimum Gasteiger partial charge on any atom is -0.508 e. The lowest BCUT2D eigenvalue weighted by Gasteiger charge is -2.17. The van der Waals surface area contributed by atoms with Gasteiger partial charge in [-0.15, -0.1) is 0 Å². The van der Waals surface area contributed by atoms with E-state index in [1.807, 2.05) is 18.2 Å². The van der Waals surface area contributed by atoms with E-state index in [2.05, 4.69) is 15.6 Å². The van der Waals surface area contributed by atoms with Gasteiger partial charge in [-0.05, 0) is 29.3 Å². The fourth-order valence-electron chi connectivity index (χ4n) is 3.08. The molecule has 1 heterocycles. The molecule has 3 N–H and O–H groups in total. The molecule has 0 aliphatic heterocycles. The van der Waals surface area contributed by atoms with E-state index in [0.29, 0.717) is 5.56 Å². The van der Waals surface area contributed by atoms with Gasteiger partial charge in [0.05, 0.1) is 7.11 Å². The number of carbonyl (C=O) groups is 3. The number of esters is 1. The maximum Gasteiger partial charge on any atom is 0.413 e. The molecule has 182 valence electrons. The predicted octanol–water partition coefficient (Wildman–Crippen LogP) is 1.60. The van der Waals surface area contributed by atoms with Crippen LogP contribution in [0.3, 0.4) is 0 Å². The molecule has 0 spiro atoms. The smallest absolute Gasteiger partial charge is 0.413 e. The minimum atomic E-state index is -0.999. The highest BCUT2D eigenvalue weighted by molar-refractivity contribution is 5.85. The van der Waals surface area contributed by atoms with Crippen LogP contribution in [0, 0.1) is 0 Å². The van der Waals surface area contributed by atoms with Crippen LogP contribution < -0.4 is 16.3 Å². The maximum absolute atomic E-state index is 12.5. The Balaban J connectivity index is 1.56. The minimum absolute atomic E-state index is 0.0375. The van der Waals surface area contributed by atoms with Crippen molar-refractivity contribution in [3.63, 3.8) is 0 Å². The van der Waals surface area contributed by atoms with Gasteiger partial charge in [-0.25, -0.2) is 14.4 Å². The number of ether oxygens (including phenoxy) is 2. The van der Waals surface area contributed by atoms with Gasteiger partial charge in [0.2, 0.25) is 5.91 Å². The Hall–Kier alpha value is -4.67. The van der Waals surface area contributed by atoms with Crippen molar-refractivity contribution in [2.45, 2.75) is 25.6 Å². The van der Waals surface area contributed by atoms with Gasteiger partial charge in [0.15, 0.2) is 0 Å². The number of amides is 2. The zero-order valence-corrected chi connectivity index (χ0v) is 18.8. The van der Waals surface area contributed by atoms with Crippen LogP contribution in [0.15, 0.2) is 71.7 Å². The standard InChI is InChI=1S/C24H24N4O7/c1-34-22(31)19(13-16-7-9-18(29)10-8-16)25-21(30)14-28-12-11-20(26-23(28)32)27-24(33)35-15-17-5-3-2-4-6-17/h2-12,19,29H,13-15H2,1H3,(H,25,30)(H,26,27,32,33)/t19-/m0/s1. The number of nitrogens with zero attached hydrogens (tertiary/aromatic N) is 2. The highest BCUT2D eigenvalue weighted by Gasteiger charge is 2.22. The highest BCUT2D eigenvalue weighted by Crippen LogP contribution is 2.12. The number of aromatic hydroxyl groups is 1. The fourth-order valence-corrected chi connectivity index (χ4v) is 3.08. The predicted molar refractivity (Wildman–Crippen MR) is 125 cm³/mol. The number of rotatable bonds is 9. The lowest BCUT2D eigenvalue weighted by molar-refractivity contribution is -0.145. The second-order valence-corrected chi connectivity index (χ2v) is 7.42. The summed E-state index contributed by atoms with van der Waals surface area (Å²) in [5.41, 5.74) is 0.703. The number of phenolic OH excluding ortho intramolecular Hbond substituents is 1. The molecule has 0 bridgehead atoms. The molecule has 1 aromatic heterocycles. The monoisotopic (exact) mass is 480 g/mol. The molecule has 0 fully saturated rings. The van der Waals surface area contributed by atoms with E-state index in [4.69, 9.17) is 9.47 Å². The van der Waals surface area contributed by atoms with Crippen molar-refractivity contribution in [2.75, 3.05) is 12.4 Å². The molecule has 2 amide bonds. The van der Waals surface area contributed by atoms with E-state index < -0.39 is 36.2 Å². The molecule has 0 radical (unpaired) electrons. The highest BCUT2D eigenvalue weighted by atomic mass is 16.5. The van der Waals surface area contributed by atoms with Gasteiger partial charge in [0, 0.05) is 12.6 Å². The van der Waals surface area contributed by atoms with Crippen molar-refractivity contribution in [3.8, 4) is 5.75 Å². The number of hydrogen-bond acceptors (Lipinski definition) is 8. The zero-order valence-electron chi connectivity index (χ0n) is 18.8. The van der Waals surface area contributed by atoms with Gasteiger partial charge in [-0.2, -0.15) is 4.98 Å². The number of carbonyl (C=O) groups excluding carboxylic acids is 3. The summed E-state index contributed by atoms with van der Waals surface area (Å²) in [7, 11) is 1.20. The van der Waals surface area contributed by atoms with Gasteiger partial charge in [-0.1, -0.05) is 42.5 Å². The Morgan fingerprint density at radius 1 is 1.03 bits per heavy atom. The van der Waals surface area contributed by atoms with Crippen LogP contribution in [-0.4, -0.2) is 45.8 Å². The summed E-state index contributed by atoms with van der Waals surface area (Å²) in [5, 5.41) is 14.3. The molecule has 1 atom stereocenters. The average molecular weight is 480 g/mol. The van der Waals surface area contributed by atoms with Gasteiger partial charge in [0.25, 0.3) is 0 Å². The van der Waals surface area contributed by atoms with Gasteiger partial charge in [0.1, 0.15) is 30.8 Å². The summed E-state index contributed by atoms with van der Waals surface area (Å²) in [4.78, 5) is 52.6.